The minimum Gasteiger partial charge on any atom is -0.492 e. The van der Waals surface area contributed by atoms with Gasteiger partial charge in [0.15, 0.2) is 5.96 Å². The molecule has 0 unspecified atom stereocenters. The van der Waals surface area contributed by atoms with E-state index in [0.717, 1.165) is 23.1 Å². The van der Waals surface area contributed by atoms with E-state index in [-0.39, 0.29) is 0 Å². The summed E-state index contributed by atoms with van der Waals surface area (Å²) >= 11 is 0. The Labute approximate surface area is 137 Å². The quantitative estimate of drug-likeness (QED) is 0.489. The van der Waals surface area contributed by atoms with Crippen molar-refractivity contribution < 1.29 is 4.74 Å². The lowest BCUT2D eigenvalue weighted by Crippen LogP contribution is -2.39. The van der Waals surface area contributed by atoms with Crippen molar-refractivity contribution in [2.45, 2.75) is 20.4 Å². The van der Waals surface area contributed by atoms with Crippen molar-refractivity contribution in [1.82, 2.24) is 15.6 Å². The van der Waals surface area contributed by atoms with E-state index < -0.39 is 0 Å². The normalized spacial score (nSPS) is 11.2. The van der Waals surface area contributed by atoms with E-state index in [1.807, 2.05) is 49.4 Å². The van der Waals surface area contributed by atoms with Gasteiger partial charge in [0.25, 0.3) is 0 Å². The molecule has 2 rings (SSSR count). The minimum atomic E-state index is 0.576. The van der Waals surface area contributed by atoms with Crippen LogP contribution in [0, 0.1) is 13.8 Å². The highest BCUT2D eigenvalue weighted by Crippen LogP contribution is 2.10. The monoisotopic (exact) mass is 312 g/mol. The first-order chi connectivity index (χ1) is 11.2. The smallest absolute Gasteiger partial charge is 0.191 e. The van der Waals surface area contributed by atoms with E-state index in [1.54, 1.807) is 7.05 Å². The van der Waals surface area contributed by atoms with Crippen LogP contribution in [0.25, 0.3) is 0 Å². The van der Waals surface area contributed by atoms with Gasteiger partial charge in [0.1, 0.15) is 12.4 Å². The summed E-state index contributed by atoms with van der Waals surface area (Å²) in [6, 6.07) is 14.0. The Kier molecular flexibility index (Phi) is 6.41. The van der Waals surface area contributed by atoms with Crippen molar-refractivity contribution in [2.75, 3.05) is 20.2 Å². The lowest BCUT2D eigenvalue weighted by Gasteiger charge is -2.12. The molecule has 0 aliphatic rings. The van der Waals surface area contributed by atoms with Gasteiger partial charge in [-0.1, -0.05) is 23.8 Å². The highest BCUT2D eigenvalue weighted by atomic mass is 16.5. The molecule has 1 aromatic carbocycles. The standard InChI is InChI=1S/C18H24N4O/c1-14-7-9-17(10-8-14)23-12-11-20-18(19-3)21-13-16-6-4-5-15(2)22-16/h4-10H,11-13H2,1-3H3,(H2,19,20,21). The van der Waals surface area contributed by atoms with Crippen LogP contribution in [-0.4, -0.2) is 31.1 Å². The van der Waals surface area contributed by atoms with Gasteiger partial charge in [0.05, 0.1) is 18.8 Å². The first-order valence-corrected chi connectivity index (χ1v) is 7.74. The molecule has 0 amide bonds. The Bertz CT molecular complexity index is 638. The fourth-order valence-electron chi connectivity index (χ4n) is 2.07. The van der Waals surface area contributed by atoms with Crippen molar-refractivity contribution in [3.63, 3.8) is 0 Å². The Balaban J connectivity index is 1.69. The fourth-order valence-corrected chi connectivity index (χ4v) is 2.07. The van der Waals surface area contributed by atoms with Crippen molar-refractivity contribution in [1.29, 1.82) is 0 Å². The number of nitrogens with one attached hydrogen (secondary N) is 2. The van der Waals surface area contributed by atoms with Gasteiger partial charge in [-0.15, -0.1) is 0 Å². The van der Waals surface area contributed by atoms with Gasteiger partial charge in [-0.3, -0.25) is 9.98 Å². The molecule has 2 aromatic rings. The second-order valence-electron chi connectivity index (χ2n) is 5.28. The molecule has 0 bridgehead atoms. The molecule has 23 heavy (non-hydrogen) atoms. The number of aliphatic imine (C=N–C) groups is 1. The molecule has 5 heteroatoms. The molecular formula is C18H24N4O. The van der Waals surface area contributed by atoms with Gasteiger partial charge in [-0.05, 0) is 38.1 Å². The third kappa shape index (κ3) is 5.98. The van der Waals surface area contributed by atoms with Crippen LogP contribution in [-0.2, 0) is 6.54 Å². The lowest BCUT2D eigenvalue weighted by molar-refractivity contribution is 0.322. The largest absolute Gasteiger partial charge is 0.492 e. The number of benzene rings is 1. The van der Waals surface area contributed by atoms with Gasteiger partial charge in [0, 0.05) is 12.7 Å². The predicted molar refractivity (Wildman–Crippen MR) is 93.8 cm³/mol. The zero-order chi connectivity index (χ0) is 16.5. The molecular weight excluding hydrogens is 288 g/mol. The summed E-state index contributed by atoms with van der Waals surface area (Å²) in [5.41, 5.74) is 3.23. The number of guanidine groups is 1. The molecule has 0 aliphatic carbocycles. The zero-order valence-corrected chi connectivity index (χ0v) is 14.0. The second-order valence-corrected chi connectivity index (χ2v) is 5.28. The van der Waals surface area contributed by atoms with Gasteiger partial charge < -0.3 is 15.4 Å². The van der Waals surface area contributed by atoms with Gasteiger partial charge in [-0.2, -0.15) is 0 Å². The molecule has 2 N–H and O–H groups in total. The summed E-state index contributed by atoms with van der Waals surface area (Å²) in [5, 5.41) is 6.46. The summed E-state index contributed by atoms with van der Waals surface area (Å²) in [5.74, 6) is 1.62. The van der Waals surface area contributed by atoms with Gasteiger partial charge in [-0.25, -0.2) is 0 Å². The molecule has 0 saturated heterocycles. The highest BCUT2D eigenvalue weighted by molar-refractivity contribution is 5.79. The van der Waals surface area contributed by atoms with Gasteiger partial charge >= 0.3 is 0 Å². The van der Waals surface area contributed by atoms with E-state index in [2.05, 4.69) is 27.5 Å². The zero-order valence-electron chi connectivity index (χ0n) is 14.0. The molecule has 122 valence electrons. The van der Waals surface area contributed by atoms with Crippen LogP contribution < -0.4 is 15.4 Å². The van der Waals surface area contributed by atoms with E-state index in [4.69, 9.17) is 4.74 Å². The molecule has 0 radical (unpaired) electrons. The molecule has 0 saturated carbocycles. The average Bonchev–Trinajstić information content (AvgIpc) is 2.56. The maximum atomic E-state index is 5.68. The number of hydrogen-bond acceptors (Lipinski definition) is 3. The average molecular weight is 312 g/mol. The Morgan fingerprint density at radius 2 is 1.87 bits per heavy atom. The highest BCUT2D eigenvalue weighted by Gasteiger charge is 2.00. The maximum Gasteiger partial charge on any atom is 0.191 e. The number of hydrogen-bond donors (Lipinski definition) is 2. The van der Waals surface area contributed by atoms with Crippen molar-refractivity contribution >= 4 is 5.96 Å². The van der Waals surface area contributed by atoms with Crippen molar-refractivity contribution in [3.05, 3.63) is 59.4 Å². The number of aromatic nitrogens is 1. The summed E-state index contributed by atoms with van der Waals surface area (Å²) in [7, 11) is 1.75. The number of rotatable bonds is 6. The van der Waals surface area contributed by atoms with E-state index in [1.165, 1.54) is 5.56 Å². The van der Waals surface area contributed by atoms with Crippen LogP contribution in [0.15, 0.2) is 47.5 Å². The lowest BCUT2D eigenvalue weighted by atomic mass is 10.2. The molecule has 0 atom stereocenters. The third-order valence-corrected chi connectivity index (χ3v) is 3.29. The van der Waals surface area contributed by atoms with E-state index in [9.17, 15) is 0 Å². The summed E-state index contributed by atoms with van der Waals surface area (Å²) < 4.78 is 5.68. The fraction of sp³-hybridized carbons (Fsp3) is 0.333. The number of nitrogens with zero attached hydrogens (tertiary/aromatic N) is 2. The number of pyridine rings is 1. The van der Waals surface area contributed by atoms with E-state index >= 15 is 0 Å². The van der Waals surface area contributed by atoms with Gasteiger partial charge in [0.2, 0.25) is 0 Å². The first kappa shape index (κ1) is 16.8. The summed E-state index contributed by atoms with van der Waals surface area (Å²) in [6.07, 6.45) is 0. The van der Waals surface area contributed by atoms with Crippen LogP contribution in [0.1, 0.15) is 17.0 Å². The second kappa shape index (κ2) is 8.78. The first-order valence-electron chi connectivity index (χ1n) is 7.74. The minimum absolute atomic E-state index is 0.576. The van der Waals surface area contributed by atoms with Crippen LogP contribution in [0.2, 0.25) is 0 Å². The summed E-state index contributed by atoms with van der Waals surface area (Å²) in [4.78, 5) is 8.65. The van der Waals surface area contributed by atoms with Crippen LogP contribution in [0.4, 0.5) is 0 Å². The van der Waals surface area contributed by atoms with Crippen LogP contribution in [0.5, 0.6) is 5.75 Å². The van der Waals surface area contributed by atoms with Crippen LogP contribution in [0.3, 0.4) is 0 Å². The molecule has 1 heterocycles. The molecule has 0 spiro atoms. The molecule has 0 aliphatic heterocycles. The topological polar surface area (TPSA) is 58.5 Å². The SMILES string of the molecule is CN=C(NCCOc1ccc(C)cc1)NCc1cccc(C)n1. The third-order valence-electron chi connectivity index (χ3n) is 3.29. The Hall–Kier alpha value is -2.56. The summed E-state index contributed by atoms with van der Waals surface area (Å²) in [6.45, 7) is 5.94. The Morgan fingerprint density at radius 3 is 2.57 bits per heavy atom. The van der Waals surface area contributed by atoms with Crippen molar-refractivity contribution in [3.8, 4) is 5.75 Å². The van der Waals surface area contributed by atoms with Crippen molar-refractivity contribution in [2.24, 2.45) is 4.99 Å². The Morgan fingerprint density at radius 1 is 1.09 bits per heavy atom. The number of ether oxygens (including phenoxy) is 1. The molecule has 0 fully saturated rings. The van der Waals surface area contributed by atoms with E-state index in [0.29, 0.717) is 19.7 Å². The number of aryl methyl sites for hydroxylation is 2. The predicted octanol–water partition coefficient (Wildman–Crippen LogP) is 2.44. The molecule has 1 aromatic heterocycles. The molecule has 5 nitrogen and oxygen atoms in total. The van der Waals surface area contributed by atoms with Crippen LogP contribution >= 0.6 is 0 Å². The maximum absolute atomic E-state index is 5.68.